The van der Waals surface area contributed by atoms with E-state index < -0.39 is 0 Å². The lowest BCUT2D eigenvalue weighted by Gasteiger charge is -2.17. The van der Waals surface area contributed by atoms with E-state index in [4.69, 9.17) is 0 Å². The van der Waals surface area contributed by atoms with Gasteiger partial charge in [0.15, 0.2) is 5.78 Å². The van der Waals surface area contributed by atoms with E-state index in [0.29, 0.717) is 6.42 Å². The van der Waals surface area contributed by atoms with Gasteiger partial charge in [-0.1, -0.05) is 42.8 Å². The predicted octanol–water partition coefficient (Wildman–Crippen LogP) is 4.77. The van der Waals surface area contributed by atoms with Gasteiger partial charge in [-0.05, 0) is 36.5 Å². The number of benzene rings is 1. The molecule has 0 unspecified atom stereocenters. The Morgan fingerprint density at radius 2 is 1.94 bits per heavy atom. The van der Waals surface area contributed by atoms with Crippen molar-refractivity contribution >= 4 is 21.7 Å². The number of halogens is 1. The highest BCUT2D eigenvalue weighted by molar-refractivity contribution is 9.10. The third-order valence-electron chi connectivity index (χ3n) is 2.58. The molecular formula is C14H19BrO. The van der Waals surface area contributed by atoms with E-state index in [-0.39, 0.29) is 11.2 Å². The highest BCUT2D eigenvalue weighted by Gasteiger charge is 2.14. The van der Waals surface area contributed by atoms with Gasteiger partial charge in [-0.3, -0.25) is 4.79 Å². The van der Waals surface area contributed by atoms with Gasteiger partial charge in [0, 0.05) is 16.5 Å². The van der Waals surface area contributed by atoms with Crippen LogP contribution in [0, 0.1) is 12.3 Å². The molecule has 0 saturated carbocycles. The van der Waals surface area contributed by atoms with Crippen molar-refractivity contribution in [2.24, 2.45) is 5.41 Å². The van der Waals surface area contributed by atoms with Crippen molar-refractivity contribution in [1.82, 2.24) is 0 Å². The van der Waals surface area contributed by atoms with Crippen LogP contribution in [0.4, 0.5) is 0 Å². The molecule has 0 aliphatic rings. The zero-order valence-electron chi connectivity index (χ0n) is 10.4. The Bertz CT molecular complexity index is 388. The second-order valence-corrected chi connectivity index (χ2v) is 6.30. The summed E-state index contributed by atoms with van der Waals surface area (Å²) in [6, 6.07) is 5.79. The molecule has 0 amide bonds. The SMILES string of the molecule is Cc1cc(C(=O)CCC(C)(C)C)ccc1Br. The summed E-state index contributed by atoms with van der Waals surface area (Å²) in [5, 5.41) is 0. The minimum atomic E-state index is 0.222. The van der Waals surface area contributed by atoms with Crippen LogP contribution in [0.15, 0.2) is 22.7 Å². The third-order valence-corrected chi connectivity index (χ3v) is 3.47. The monoisotopic (exact) mass is 282 g/mol. The van der Waals surface area contributed by atoms with E-state index in [1.807, 2.05) is 25.1 Å². The first-order chi connectivity index (χ1) is 7.29. The lowest BCUT2D eigenvalue weighted by molar-refractivity contribution is 0.0966. The Morgan fingerprint density at radius 1 is 1.31 bits per heavy atom. The Hall–Kier alpha value is -0.630. The molecule has 16 heavy (non-hydrogen) atoms. The topological polar surface area (TPSA) is 17.1 Å². The molecule has 2 heteroatoms. The van der Waals surface area contributed by atoms with Crippen molar-refractivity contribution in [2.45, 2.75) is 40.5 Å². The molecule has 0 N–H and O–H groups in total. The summed E-state index contributed by atoms with van der Waals surface area (Å²) in [6.07, 6.45) is 1.56. The maximum atomic E-state index is 11.9. The van der Waals surface area contributed by atoms with Gasteiger partial charge in [0.05, 0.1) is 0 Å². The van der Waals surface area contributed by atoms with E-state index in [1.165, 1.54) is 0 Å². The standard InChI is InChI=1S/C14H19BrO/c1-10-9-11(5-6-12(10)15)13(16)7-8-14(2,3)4/h5-6,9H,7-8H2,1-4H3. The van der Waals surface area contributed by atoms with Gasteiger partial charge in [0.25, 0.3) is 0 Å². The van der Waals surface area contributed by atoms with E-state index in [1.54, 1.807) is 0 Å². The molecule has 1 nitrogen and oxygen atoms in total. The Morgan fingerprint density at radius 3 is 2.44 bits per heavy atom. The normalized spacial score (nSPS) is 11.6. The highest BCUT2D eigenvalue weighted by atomic mass is 79.9. The van der Waals surface area contributed by atoms with E-state index >= 15 is 0 Å². The van der Waals surface area contributed by atoms with Crippen LogP contribution in [0.3, 0.4) is 0 Å². The number of Topliss-reactive ketones (excluding diaryl/α,β-unsaturated/α-hetero) is 1. The number of hydrogen-bond acceptors (Lipinski definition) is 1. The minimum Gasteiger partial charge on any atom is -0.294 e. The van der Waals surface area contributed by atoms with Crippen molar-refractivity contribution in [2.75, 3.05) is 0 Å². The van der Waals surface area contributed by atoms with Crippen LogP contribution in [-0.4, -0.2) is 5.78 Å². The molecule has 1 aromatic carbocycles. The summed E-state index contributed by atoms with van der Waals surface area (Å²) in [7, 11) is 0. The van der Waals surface area contributed by atoms with Gasteiger partial charge < -0.3 is 0 Å². The first kappa shape index (κ1) is 13.4. The van der Waals surface area contributed by atoms with Crippen LogP contribution >= 0.6 is 15.9 Å². The first-order valence-corrected chi connectivity index (χ1v) is 6.38. The molecule has 0 aliphatic carbocycles. The van der Waals surface area contributed by atoms with Gasteiger partial charge in [-0.25, -0.2) is 0 Å². The predicted molar refractivity (Wildman–Crippen MR) is 71.9 cm³/mol. The Labute approximate surface area is 106 Å². The molecule has 1 aromatic rings. The van der Waals surface area contributed by atoms with Crippen molar-refractivity contribution in [1.29, 1.82) is 0 Å². The number of carbonyl (C=O) groups is 1. The summed E-state index contributed by atoms with van der Waals surface area (Å²) in [4.78, 5) is 11.9. The number of hydrogen-bond donors (Lipinski definition) is 0. The van der Waals surface area contributed by atoms with Crippen LogP contribution < -0.4 is 0 Å². The van der Waals surface area contributed by atoms with Crippen LogP contribution in [-0.2, 0) is 0 Å². The van der Waals surface area contributed by atoms with Crippen LogP contribution in [0.5, 0.6) is 0 Å². The summed E-state index contributed by atoms with van der Waals surface area (Å²) in [5.41, 5.74) is 2.16. The van der Waals surface area contributed by atoms with E-state index in [2.05, 4.69) is 36.7 Å². The molecule has 0 heterocycles. The number of carbonyl (C=O) groups excluding carboxylic acids is 1. The molecule has 0 aromatic heterocycles. The quantitative estimate of drug-likeness (QED) is 0.730. The van der Waals surface area contributed by atoms with Crippen molar-refractivity contribution < 1.29 is 4.79 Å². The molecule has 0 aliphatic heterocycles. The lowest BCUT2D eigenvalue weighted by Crippen LogP contribution is -2.09. The van der Waals surface area contributed by atoms with E-state index in [0.717, 1.165) is 22.0 Å². The van der Waals surface area contributed by atoms with Crippen molar-refractivity contribution in [3.05, 3.63) is 33.8 Å². The minimum absolute atomic E-state index is 0.222. The van der Waals surface area contributed by atoms with Crippen LogP contribution in [0.25, 0.3) is 0 Å². The first-order valence-electron chi connectivity index (χ1n) is 5.59. The summed E-state index contributed by atoms with van der Waals surface area (Å²) in [5.74, 6) is 0.241. The van der Waals surface area contributed by atoms with Crippen molar-refractivity contribution in [3.63, 3.8) is 0 Å². The molecule has 0 fully saturated rings. The molecule has 1 rings (SSSR count). The fraction of sp³-hybridized carbons (Fsp3) is 0.500. The molecule has 0 atom stereocenters. The van der Waals surface area contributed by atoms with E-state index in [9.17, 15) is 4.79 Å². The Balaban J connectivity index is 2.70. The van der Waals surface area contributed by atoms with Gasteiger partial charge in [-0.15, -0.1) is 0 Å². The van der Waals surface area contributed by atoms with Gasteiger partial charge in [0.2, 0.25) is 0 Å². The maximum absolute atomic E-state index is 11.9. The van der Waals surface area contributed by atoms with Gasteiger partial charge in [-0.2, -0.15) is 0 Å². The molecule has 0 saturated heterocycles. The molecule has 0 spiro atoms. The maximum Gasteiger partial charge on any atom is 0.162 e. The van der Waals surface area contributed by atoms with Crippen LogP contribution in [0.1, 0.15) is 49.5 Å². The molecule has 0 radical (unpaired) electrons. The number of ketones is 1. The zero-order chi connectivity index (χ0) is 12.3. The molecule has 88 valence electrons. The fourth-order valence-corrected chi connectivity index (χ4v) is 1.70. The summed E-state index contributed by atoms with van der Waals surface area (Å²) in [6.45, 7) is 8.48. The average molecular weight is 283 g/mol. The molecular weight excluding hydrogens is 264 g/mol. The second kappa shape index (κ2) is 5.13. The number of aryl methyl sites for hydroxylation is 1. The Kier molecular flexibility index (Phi) is 4.31. The van der Waals surface area contributed by atoms with Gasteiger partial charge in [0.1, 0.15) is 0 Å². The second-order valence-electron chi connectivity index (χ2n) is 5.45. The largest absolute Gasteiger partial charge is 0.294 e. The smallest absolute Gasteiger partial charge is 0.162 e. The average Bonchev–Trinajstić information content (AvgIpc) is 2.17. The molecule has 0 bridgehead atoms. The highest BCUT2D eigenvalue weighted by Crippen LogP contribution is 2.23. The van der Waals surface area contributed by atoms with Crippen LogP contribution in [0.2, 0.25) is 0 Å². The summed E-state index contributed by atoms with van der Waals surface area (Å²) >= 11 is 3.44. The number of rotatable bonds is 3. The van der Waals surface area contributed by atoms with Gasteiger partial charge >= 0.3 is 0 Å². The third kappa shape index (κ3) is 4.09. The zero-order valence-corrected chi connectivity index (χ0v) is 12.0. The fourth-order valence-electron chi connectivity index (χ4n) is 1.45. The lowest BCUT2D eigenvalue weighted by atomic mass is 9.88. The van der Waals surface area contributed by atoms with Crippen molar-refractivity contribution in [3.8, 4) is 0 Å². The summed E-state index contributed by atoms with van der Waals surface area (Å²) < 4.78 is 1.06.